The Balaban J connectivity index is 0.00000161. The van der Waals surface area contributed by atoms with Crippen molar-refractivity contribution < 1.29 is 4.21 Å². The molecule has 0 aliphatic carbocycles. The summed E-state index contributed by atoms with van der Waals surface area (Å²) in [5.41, 5.74) is 4.87. The van der Waals surface area contributed by atoms with Gasteiger partial charge >= 0.3 is 0 Å². The summed E-state index contributed by atoms with van der Waals surface area (Å²) < 4.78 is 12.4. The molecule has 1 atom stereocenters. The second kappa shape index (κ2) is 6.18. The Morgan fingerprint density at radius 2 is 1.95 bits per heavy atom. The maximum atomic E-state index is 12.4. The Labute approximate surface area is 127 Å². The molecule has 3 aromatic rings. The first-order valence-electron chi connectivity index (χ1n) is 6.39. The highest BCUT2D eigenvalue weighted by Gasteiger charge is 2.13. The number of imidazole rings is 1. The predicted molar refractivity (Wildman–Crippen MR) is 86.6 cm³/mol. The molecule has 2 heterocycles. The lowest BCUT2D eigenvalue weighted by Gasteiger charge is -2.05. The Hall–Kier alpha value is -2.01. The van der Waals surface area contributed by atoms with E-state index in [-0.39, 0.29) is 7.43 Å². The summed E-state index contributed by atoms with van der Waals surface area (Å²) in [7, 11) is -1.21. The van der Waals surface area contributed by atoms with Gasteiger partial charge in [0.25, 0.3) is 0 Å². The molecule has 21 heavy (non-hydrogen) atoms. The van der Waals surface area contributed by atoms with Gasteiger partial charge in [0.15, 0.2) is 5.16 Å². The molecule has 110 valence electrons. The first-order chi connectivity index (χ1) is 9.65. The molecule has 1 aromatic carbocycles. The van der Waals surface area contributed by atoms with Crippen molar-refractivity contribution in [1.29, 1.82) is 0 Å². The number of hydrogen-bond acceptors (Lipinski definition) is 3. The Kier molecular flexibility index (Phi) is 4.53. The number of nitrogens with zero attached hydrogens (tertiary/aromatic N) is 2. The van der Waals surface area contributed by atoms with Crippen molar-refractivity contribution in [3.63, 3.8) is 0 Å². The molecule has 3 rings (SSSR count). The maximum absolute atomic E-state index is 12.4. The smallest absolute Gasteiger partial charge is 0.197 e. The van der Waals surface area contributed by atoms with Gasteiger partial charge in [-0.2, -0.15) is 0 Å². The van der Waals surface area contributed by atoms with Crippen molar-refractivity contribution in [2.75, 3.05) is 0 Å². The molecule has 0 radical (unpaired) electrons. The number of para-hydroxylation sites is 2. The van der Waals surface area contributed by atoms with Crippen molar-refractivity contribution >= 4 is 21.8 Å². The second-order valence-electron chi connectivity index (χ2n) is 4.75. The van der Waals surface area contributed by atoms with Gasteiger partial charge in [-0.1, -0.05) is 19.6 Å². The van der Waals surface area contributed by atoms with E-state index in [4.69, 9.17) is 0 Å². The zero-order chi connectivity index (χ0) is 14.1. The molecule has 0 aliphatic heterocycles. The van der Waals surface area contributed by atoms with Crippen LogP contribution < -0.4 is 0 Å². The van der Waals surface area contributed by atoms with E-state index >= 15 is 0 Å². The average molecular weight is 301 g/mol. The van der Waals surface area contributed by atoms with Crippen molar-refractivity contribution in [2.45, 2.75) is 32.2 Å². The lowest BCUT2D eigenvalue weighted by Crippen LogP contribution is -2.03. The highest BCUT2D eigenvalue weighted by molar-refractivity contribution is 7.84. The SMILES string of the molecule is C.Cc1ccnc(CS(=O)c2nc3ccccc3[nH]2)c1C. The minimum Gasteiger partial charge on any atom is -0.331 e. The molecular formula is C16H19N3OS. The van der Waals surface area contributed by atoms with E-state index < -0.39 is 10.8 Å². The van der Waals surface area contributed by atoms with E-state index in [1.807, 2.05) is 44.2 Å². The van der Waals surface area contributed by atoms with Gasteiger partial charge < -0.3 is 4.98 Å². The number of aromatic nitrogens is 3. The highest BCUT2D eigenvalue weighted by Crippen LogP contribution is 2.17. The van der Waals surface area contributed by atoms with Crippen LogP contribution in [0.2, 0.25) is 0 Å². The minimum absolute atomic E-state index is 0. The number of nitrogens with one attached hydrogen (secondary N) is 1. The van der Waals surface area contributed by atoms with Crippen LogP contribution >= 0.6 is 0 Å². The number of hydrogen-bond donors (Lipinski definition) is 1. The van der Waals surface area contributed by atoms with Crippen LogP contribution in [0, 0.1) is 13.8 Å². The van der Waals surface area contributed by atoms with Crippen LogP contribution in [0.15, 0.2) is 41.7 Å². The topological polar surface area (TPSA) is 58.6 Å². The Morgan fingerprint density at radius 3 is 2.71 bits per heavy atom. The summed E-state index contributed by atoms with van der Waals surface area (Å²) in [4.78, 5) is 11.8. The predicted octanol–water partition coefficient (Wildman–Crippen LogP) is 3.52. The van der Waals surface area contributed by atoms with Gasteiger partial charge in [-0.25, -0.2) is 4.98 Å². The summed E-state index contributed by atoms with van der Waals surface area (Å²) in [6, 6.07) is 9.65. The summed E-state index contributed by atoms with van der Waals surface area (Å²) in [6.45, 7) is 4.04. The standard InChI is InChI=1S/C15H15N3OS.CH4/c1-10-7-8-16-14(11(10)2)9-20(19)15-17-12-5-3-4-6-13(12)18-15;/h3-8H,9H2,1-2H3,(H,17,18);1H4. The molecule has 0 spiro atoms. The fourth-order valence-corrected chi connectivity index (χ4v) is 3.16. The van der Waals surface area contributed by atoms with Crippen LogP contribution in [0.4, 0.5) is 0 Å². The van der Waals surface area contributed by atoms with E-state index in [1.54, 1.807) is 6.20 Å². The normalized spacial score (nSPS) is 12.1. The van der Waals surface area contributed by atoms with Crippen LogP contribution in [0.3, 0.4) is 0 Å². The summed E-state index contributed by atoms with van der Waals surface area (Å²) in [5.74, 6) is 0.382. The zero-order valence-corrected chi connectivity index (χ0v) is 12.2. The van der Waals surface area contributed by atoms with Crippen LogP contribution in [-0.4, -0.2) is 19.2 Å². The number of H-pyrrole nitrogens is 1. The van der Waals surface area contributed by atoms with Gasteiger partial charge in [-0.05, 0) is 43.2 Å². The number of fused-ring (bicyclic) bond motifs is 1. The summed E-state index contributed by atoms with van der Waals surface area (Å²) >= 11 is 0. The van der Waals surface area contributed by atoms with Gasteiger partial charge in [0.1, 0.15) is 0 Å². The largest absolute Gasteiger partial charge is 0.331 e. The third kappa shape index (κ3) is 3.03. The van der Waals surface area contributed by atoms with Crippen molar-refractivity contribution in [2.24, 2.45) is 0 Å². The monoisotopic (exact) mass is 301 g/mol. The quantitative estimate of drug-likeness (QED) is 0.805. The number of pyridine rings is 1. The molecule has 5 heteroatoms. The molecule has 2 aromatic heterocycles. The highest BCUT2D eigenvalue weighted by atomic mass is 32.2. The van der Waals surface area contributed by atoms with Crippen LogP contribution in [0.1, 0.15) is 24.2 Å². The number of aromatic amines is 1. The van der Waals surface area contributed by atoms with E-state index in [0.29, 0.717) is 10.9 Å². The first kappa shape index (κ1) is 15.4. The van der Waals surface area contributed by atoms with E-state index in [0.717, 1.165) is 27.9 Å². The molecule has 0 saturated heterocycles. The molecule has 1 unspecified atom stereocenters. The first-order valence-corrected chi connectivity index (χ1v) is 7.71. The molecule has 0 saturated carbocycles. The molecule has 1 N–H and O–H groups in total. The number of aryl methyl sites for hydroxylation is 1. The maximum Gasteiger partial charge on any atom is 0.197 e. The van der Waals surface area contributed by atoms with E-state index in [9.17, 15) is 4.21 Å². The summed E-state index contributed by atoms with van der Waals surface area (Å²) in [6.07, 6.45) is 1.76. The summed E-state index contributed by atoms with van der Waals surface area (Å²) in [5, 5.41) is 0.508. The third-order valence-electron chi connectivity index (χ3n) is 3.43. The Morgan fingerprint density at radius 1 is 1.19 bits per heavy atom. The molecule has 0 aliphatic rings. The van der Waals surface area contributed by atoms with E-state index in [2.05, 4.69) is 15.0 Å². The van der Waals surface area contributed by atoms with E-state index in [1.165, 1.54) is 0 Å². The second-order valence-corrected chi connectivity index (χ2v) is 6.11. The Bertz CT molecular complexity index is 762. The van der Waals surface area contributed by atoms with Crippen molar-refractivity contribution in [3.8, 4) is 0 Å². The number of benzene rings is 1. The van der Waals surface area contributed by atoms with Gasteiger partial charge in [0.05, 0.1) is 33.3 Å². The van der Waals surface area contributed by atoms with Crippen LogP contribution in [0.5, 0.6) is 0 Å². The van der Waals surface area contributed by atoms with Crippen molar-refractivity contribution in [1.82, 2.24) is 15.0 Å². The molecule has 0 fully saturated rings. The average Bonchev–Trinajstić information content (AvgIpc) is 2.88. The zero-order valence-electron chi connectivity index (χ0n) is 11.4. The van der Waals surface area contributed by atoms with Gasteiger partial charge in [-0.3, -0.25) is 9.19 Å². The van der Waals surface area contributed by atoms with Crippen LogP contribution in [0.25, 0.3) is 11.0 Å². The van der Waals surface area contributed by atoms with Gasteiger partial charge in [-0.15, -0.1) is 0 Å². The lowest BCUT2D eigenvalue weighted by molar-refractivity contribution is 0.676. The molecule has 0 amide bonds. The molecular weight excluding hydrogens is 282 g/mol. The molecule has 0 bridgehead atoms. The molecule has 4 nitrogen and oxygen atoms in total. The number of rotatable bonds is 3. The third-order valence-corrected chi connectivity index (χ3v) is 4.59. The minimum atomic E-state index is -1.21. The van der Waals surface area contributed by atoms with Gasteiger partial charge in [0.2, 0.25) is 0 Å². The lowest BCUT2D eigenvalue weighted by atomic mass is 10.1. The van der Waals surface area contributed by atoms with Gasteiger partial charge in [0, 0.05) is 6.20 Å². The fourth-order valence-electron chi connectivity index (χ4n) is 2.06. The van der Waals surface area contributed by atoms with Crippen molar-refractivity contribution in [3.05, 3.63) is 53.3 Å². The fraction of sp³-hybridized carbons (Fsp3) is 0.250. The van der Waals surface area contributed by atoms with Crippen LogP contribution in [-0.2, 0) is 16.6 Å².